The number of nitrogens with one attached hydrogen (secondary N) is 1. The first-order chi connectivity index (χ1) is 9.84. The molecule has 3 rings (SSSR count). The highest BCUT2D eigenvalue weighted by Gasteiger charge is 2.35. The third kappa shape index (κ3) is 3.55. The molecule has 0 aromatic heterocycles. The summed E-state index contributed by atoms with van der Waals surface area (Å²) in [6, 6.07) is 1.57. The summed E-state index contributed by atoms with van der Waals surface area (Å²) in [5.74, 6) is 0.998. The standard InChI is InChI=1S/C17H32N2O/c1-14(12-18-13-16-8-5-11-20-16)19-10-4-7-15-6-2-3-9-17(15)19/h14-18H,2-13H2,1H3. The van der Waals surface area contributed by atoms with E-state index in [2.05, 4.69) is 17.1 Å². The molecule has 1 saturated carbocycles. The second-order valence-electron chi connectivity index (χ2n) is 7.13. The molecule has 2 heterocycles. The lowest BCUT2D eigenvalue weighted by atomic mass is 9.78. The highest BCUT2D eigenvalue weighted by Crippen LogP contribution is 2.36. The van der Waals surface area contributed by atoms with Crippen molar-refractivity contribution in [3.8, 4) is 0 Å². The third-order valence-electron chi connectivity index (χ3n) is 5.69. The van der Waals surface area contributed by atoms with Gasteiger partial charge in [0.2, 0.25) is 0 Å². The van der Waals surface area contributed by atoms with E-state index in [4.69, 9.17) is 4.74 Å². The van der Waals surface area contributed by atoms with Crippen LogP contribution in [0.25, 0.3) is 0 Å². The monoisotopic (exact) mass is 280 g/mol. The van der Waals surface area contributed by atoms with Crippen molar-refractivity contribution in [2.75, 3.05) is 26.2 Å². The van der Waals surface area contributed by atoms with E-state index < -0.39 is 0 Å². The summed E-state index contributed by atoms with van der Waals surface area (Å²) in [6.45, 7) is 6.89. The van der Waals surface area contributed by atoms with Crippen LogP contribution in [0.2, 0.25) is 0 Å². The molecule has 0 bridgehead atoms. The van der Waals surface area contributed by atoms with Crippen LogP contribution in [0.5, 0.6) is 0 Å². The molecule has 4 atom stereocenters. The summed E-state index contributed by atoms with van der Waals surface area (Å²) in [4.78, 5) is 2.82. The maximum absolute atomic E-state index is 5.69. The predicted molar refractivity (Wildman–Crippen MR) is 83.0 cm³/mol. The van der Waals surface area contributed by atoms with Gasteiger partial charge < -0.3 is 10.1 Å². The topological polar surface area (TPSA) is 24.5 Å². The first-order valence-corrected chi connectivity index (χ1v) is 8.92. The van der Waals surface area contributed by atoms with Crippen molar-refractivity contribution in [3.63, 3.8) is 0 Å². The summed E-state index contributed by atoms with van der Waals surface area (Å²) in [6.07, 6.45) is 11.7. The number of piperidine rings is 1. The Morgan fingerprint density at radius 2 is 1.95 bits per heavy atom. The van der Waals surface area contributed by atoms with Crippen LogP contribution < -0.4 is 5.32 Å². The average molecular weight is 280 g/mol. The lowest BCUT2D eigenvalue weighted by molar-refractivity contribution is 0.0299. The van der Waals surface area contributed by atoms with E-state index in [1.165, 1.54) is 57.9 Å². The number of likely N-dealkylation sites (tertiary alicyclic amines) is 1. The second kappa shape index (κ2) is 7.24. The highest BCUT2D eigenvalue weighted by atomic mass is 16.5. The van der Waals surface area contributed by atoms with E-state index in [0.29, 0.717) is 12.1 Å². The van der Waals surface area contributed by atoms with E-state index in [9.17, 15) is 0 Å². The van der Waals surface area contributed by atoms with Crippen molar-refractivity contribution in [3.05, 3.63) is 0 Å². The maximum atomic E-state index is 5.69. The van der Waals surface area contributed by atoms with Crippen molar-refractivity contribution in [1.29, 1.82) is 0 Å². The molecule has 0 amide bonds. The second-order valence-corrected chi connectivity index (χ2v) is 7.13. The maximum Gasteiger partial charge on any atom is 0.0700 e. The van der Waals surface area contributed by atoms with Crippen LogP contribution in [0.15, 0.2) is 0 Å². The molecule has 1 aliphatic carbocycles. The molecule has 0 aromatic rings. The molecule has 4 unspecified atom stereocenters. The quantitative estimate of drug-likeness (QED) is 0.838. The van der Waals surface area contributed by atoms with Gasteiger partial charge in [0, 0.05) is 31.8 Å². The van der Waals surface area contributed by atoms with Crippen LogP contribution in [0.1, 0.15) is 58.3 Å². The first kappa shape index (κ1) is 14.8. The molecule has 2 saturated heterocycles. The number of nitrogens with zero attached hydrogens (tertiary/aromatic N) is 1. The van der Waals surface area contributed by atoms with Gasteiger partial charge >= 0.3 is 0 Å². The molecule has 20 heavy (non-hydrogen) atoms. The summed E-state index contributed by atoms with van der Waals surface area (Å²) in [7, 11) is 0. The smallest absolute Gasteiger partial charge is 0.0700 e. The van der Waals surface area contributed by atoms with Crippen molar-refractivity contribution >= 4 is 0 Å². The van der Waals surface area contributed by atoms with E-state index >= 15 is 0 Å². The minimum Gasteiger partial charge on any atom is -0.377 e. The summed E-state index contributed by atoms with van der Waals surface area (Å²) >= 11 is 0. The summed E-state index contributed by atoms with van der Waals surface area (Å²) < 4.78 is 5.69. The zero-order chi connectivity index (χ0) is 13.8. The van der Waals surface area contributed by atoms with Crippen molar-refractivity contribution < 1.29 is 4.74 Å². The Hall–Kier alpha value is -0.120. The van der Waals surface area contributed by atoms with Crippen LogP contribution in [0, 0.1) is 5.92 Å². The lowest BCUT2D eigenvalue weighted by Gasteiger charge is -2.47. The van der Waals surface area contributed by atoms with Gasteiger partial charge in [-0.05, 0) is 57.9 Å². The molecule has 2 aliphatic heterocycles. The SMILES string of the molecule is CC(CNCC1CCCO1)N1CCCC2CCCCC21. The Labute approximate surface area is 124 Å². The molecule has 3 aliphatic rings. The predicted octanol–water partition coefficient (Wildman–Crippen LogP) is 2.80. The highest BCUT2D eigenvalue weighted by molar-refractivity contribution is 4.90. The van der Waals surface area contributed by atoms with Gasteiger partial charge in [-0.25, -0.2) is 0 Å². The Bertz CT molecular complexity index is 289. The molecule has 0 aromatic carbocycles. The van der Waals surface area contributed by atoms with E-state index in [1.54, 1.807) is 0 Å². The average Bonchev–Trinajstić information content (AvgIpc) is 3.00. The Kier molecular flexibility index (Phi) is 5.36. The molecule has 3 nitrogen and oxygen atoms in total. The van der Waals surface area contributed by atoms with Crippen molar-refractivity contribution in [2.45, 2.75) is 76.5 Å². The minimum absolute atomic E-state index is 0.478. The van der Waals surface area contributed by atoms with Crippen LogP contribution in [0.4, 0.5) is 0 Å². The van der Waals surface area contributed by atoms with Gasteiger partial charge in [0.15, 0.2) is 0 Å². The number of hydrogen-bond donors (Lipinski definition) is 1. The molecule has 0 spiro atoms. The fourth-order valence-corrected chi connectivity index (χ4v) is 4.59. The van der Waals surface area contributed by atoms with Crippen LogP contribution >= 0.6 is 0 Å². The summed E-state index contributed by atoms with van der Waals surface area (Å²) in [5, 5.41) is 3.65. The van der Waals surface area contributed by atoms with E-state index in [0.717, 1.165) is 31.7 Å². The number of rotatable bonds is 5. The molecule has 0 radical (unpaired) electrons. The zero-order valence-electron chi connectivity index (χ0n) is 13.2. The number of ether oxygens (including phenoxy) is 1. The van der Waals surface area contributed by atoms with Crippen molar-refractivity contribution in [2.24, 2.45) is 5.92 Å². The molecular formula is C17H32N2O. The Morgan fingerprint density at radius 3 is 2.80 bits per heavy atom. The number of fused-ring (bicyclic) bond motifs is 1. The van der Waals surface area contributed by atoms with Crippen LogP contribution in [0.3, 0.4) is 0 Å². The largest absolute Gasteiger partial charge is 0.377 e. The Balaban J connectivity index is 1.44. The Morgan fingerprint density at radius 1 is 1.10 bits per heavy atom. The normalized spacial score (nSPS) is 36.8. The minimum atomic E-state index is 0.478. The third-order valence-corrected chi connectivity index (χ3v) is 5.69. The first-order valence-electron chi connectivity index (χ1n) is 8.92. The zero-order valence-corrected chi connectivity index (χ0v) is 13.2. The van der Waals surface area contributed by atoms with Gasteiger partial charge in [0.25, 0.3) is 0 Å². The molecule has 3 fully saturated rings. The molecular weight excluding hydrogens is 248 g/mol. The van der Waals surface area contributed by atoms with Gasteiger partial charge in [-0.1, -0.05) is 12.8 Å². The molecule has 1 N–H and O–H groups in total. The van der Waals surface area contributed by atoms with Crippen molar-refractivity contribution in [1.82, 2.24) is 10.2 Å². The molecule has 3 heteroatoms. The van der Waals surface area contributed by atoms with Gasteiger partial charge in [-0.2, -0.15) is 0 Å². The fourth-order valence-electron chi connectivity index (χ4n) is 4.59. The van der Waals surface area contributed by atoms with Crippen LogP contribution in [-0.2, 0) is 4.74 Å². The van der Waals surface area contributed by atoms with E-state index in [-0.39, 0.29) is 0 Å². The number of hydrogen-bond acceptors (Lipinski definition) is 3. The van der Waals surface area contributed by atoms with Gasteiger partial charge in [0.05, 0.1) is 6.10 Å². The van der Waals surface area contributed by atoms with Gasteiger partial charge in [0.1, 0.15) is 0 Å². The fraction of sp³-hybridized carbons (Fsp3) is 1.00. The van der Waals surface area contributed by atoms with Gasteiger partial charge in [-0.15, -0.1) is 0 Å². The lowest BCUT2D eigenvalue weighted by Crippen LogP contribution is -2.53. The summed E-state index contributed by atoms with van der Waals surface area (Å²) in [5.41, 5.74) is 0. The molecule has 116 valence electrons. The van der Waals surface area contributed by atoms with Gasteiger partial charge in [-0.3, -0.25) is 4.90 Å². The van der Waals surface area contributed by atoms with Crippen LogP contribution in [-0.4, -0.2) is 49.3 Å². The van der Waals surface area contributed by atoms with E-state index in [1.807, 2.05) is 0 Å².